The van der Waals surface area contributed by atoms with Crippen LogP contribution in [0.5, 0.6) is 0 Å². The molecule has 20 heavy (non-hydrogen) atoms. The van der Waals surface area contributed by atoms with Gasteiger partial charge in [0.25, 0.3) is 5.91 Å². The second-order valence-electron chi connectivity index (χ2n) is 4.64. The summed E-state index contributed by atoms with van der Waals surface area (Å²) >= 11 is 6.04. The Morgan fingerprint density at radius 1 is 1.15 bits per heavy atom. The van der Waals surface area contributed by atoms with Gasteiger partial charge >= 0.3 is 0 Å². The van der Waals surface area contributed by atoms with Crippen LogP contribution in [0.4, 0.5) is 5.69 Å². The second-order valence-corrected chi connectivity index (χ2v) is 5.04. The van der Waals surface area contributed by atoms with Crippen LogP contribution in [-0.4, -0.2) is 5.91 Å². The van der Waals surface area contributed by atoms with Crippen molar-refractivity contribution in [1.82, 2.24) is 0 Å². The third-order valence-corrected chi connectivity index (χ3v) is 3.14. The molecule has 0 saturated heterocycles. The Labute approximate surface area is 122 Å². The molecule has 100 valence electrons. The monoisotopic (exact) mass is 284 g/mol. The smallest absolute Gasteiger partial charge is 0.255 e. The zero-order chi connectivity index (χ0) is 14.7. The SMILES string of the molecule is Cc1cc(C)cc(C(=O)Nc2ccc(C#N)cc2Cl)c1. The summed E-state index contributed by atoms with van der Waals surface area (Å²) in [5.41, 5.74) is 3.60. The Bertz CT molecular complexity index is 697. The molecule has 0 radical (unpaired) electrons. The van der Waals surface area contributed by atoms with Crippen LogP contribution in [-0.2, 0) is 0 Å². The predicted molar refractivity (Wildman–Crippen MR) is 80.0 cm³/mol. The number of halogens is 1. The Morgan fingerprint density at radius 2 is 1.80 bits per heavy atom. The number of hydrogen-bond donors (Lipinski definition) is 1. The molecule has 0 saturated carbocycles. The number of amides is 1. The maximum absolute atomic E-state index is 12.2. The summed E-state index contributed by atoms with van der Waals surface area (Å²) in [6, 6.07) is 12.4. The quantitative estimate of drug-likeness (QED) is 0.903. The Balaban J connectivity index is 2.26. The molecule has 0 spiro atoms. The van der Waals surface area contributed by atoms with Crippen molar-refractivity contribution in [1.29, 1.82) is 5.26 Å². The second kappa shape index (κ2) is 5.77. The molecule has 2 aromatic carbocycles. The highest BCUT2D eigenvalue weighted by atomic mass is 35.5. The highest BCUT2D eigenvalue weighted by Crippen LogP contribution is 2.23. The lowest BCUT2D eigenvalue weighted by molar-refractivity contribution is 0.102. The molecule has 0 atom stereocenters. The van der Waals surface area contributed by atoms with Crippen LogP contribution in [0, 0.1) is 25.2 Å². The number of nitrogens with zero attached hydrogens (tertiary/aromatic N) is 1. The van der Waals surface area contributed by atoms with Crippen LogP contribution in [0.1, 0.15) is 27.0 Å². The van der Waals surface area contributed by atoms with Gasteiger partial charge in [-0.05, 0) is 44.2 Å². The van der Waals surface area contributed by atoms with Crippen molar-refractivity contribution in [2.45, 2.75) is 13.8 Å². The highest BCUT2D eigenvalue weighted by Gasteiger charge is 2.10. The van der Waals surface area contributed by atoms with Gasteiger partial charge in [-0.25, -0.2) is 0 Å². The first kappa shape index (κ1) is 14.1. The van der Waals surface area contributed by atoms with E-state index in [1.165, 1.54) is 6.07 Å². The van der Waals surface area contributed by atoms with E-state index in [1.54, 1.807) is 12.1 Å². The summed E-state index contributed by atoms with van der Waals surface area (Å²) in [5, 5.41) is 11.9. The van der Waals surface area contributed by atoms with Gasteiger partial charge in [0.15, 0.2) is 0 Å². The van der Waals surface area contributed by atoms with E-state index in [0.717, 1.165) is 11.1 Å². The molecule has 0 aliphatic carbocycles. The van der Waals surface area contributed by atoms with Crippen molar-refractivity contribution in [2.24, 2.45) is 0 Å². The average molecular weight is 285 g/mol. The first-order chi connectivity index (χ1) is 9.49. The highest BCUT2D eigenvalue weighted by molar-refractivity contribution is 6.34. The average Bonchev–Trinajstić information content (AvgIpc) is 2.39. The van der Waals surface area contributed by atoms with Gasteiger partial charge in [-0.1, -0.05) is 28.8 Å². The van der Waals surface area contributed by atoms with E-state index in [4.69, 9.17) is 16.9 Å². The molecule has 0 bridgehead atoms. The maximum atomic E-state index is 12.2. The number of rotatable bonds is 2. The number of carbonyl (C=O) groups excluding carboxylic acids is 1. The lowest BCUT2D eigenvalue weighted by atomic mass is 10.1. The number of benzene rings is 2. The van der Waals surface area contributed by atoms with E-state index in [1.807, 2.05) is 38.1 Å². The van der Waals surface area contributed by atoms with E-state index in [0.29, 0.717) is 21.8 Å². The molecule has 0 aliphatic rings. The van der Waals surface area contributed by atoms with Crippen molar-refractivity contribution < 1.29 is 4.79 Å². The number of anilines is 1. The standard InChI is InChI=1S/C16H13ClN2O/c1-10-5-11(2)7-13(6-10)16(20)19-15-4-3-12(9-18)8-14(15)17/h3-8H,1-2H3,(H,19,20). The third kappa shape index (κ3) is 3.17. The van der Waals surface area contributed by atoms with Crippen molar-refractivity contribution in [3.63, 3.8) is 0 Å². The molecule has 0 unspecified atom stereocenters. The Hall–Kier alpha value is -2.31. The van der Waals surface area contributed by atoms with Gasteiger partial charge in [0, 0.05) is 5.56 Å². The summed E-state index contributed by atoms with van der Waals surface area (Å²) in [6.45, 7) is 3.89. The minimum Gasteiger partial charge on any atom is -0.321 e. The van der Waals surface area contributed by atoms with Crippen LogP contribution >= 0.6 is 11.6 Å². The van der Waals surface area contributed by atoms with E-state index >= 15 is 0 Å². The first-order valence-corrected chi connectivity index (χ1v) is 6.46. The molecule has 0 aromatic heterocycles. The van der Waals surface area contributed by atoms with Crippen LogP contribution in [0.3, 0.4) is 0 Å². The van der Waals surface area contributed by atoms with Gasteiger partial charge in [-0.2, -0.15) is 5.26 Å². The topological polar surface area (TPSA) is 52.9 Å². The van der Waals surface area contributed by atoms with Crippen molar-refractivity contribution in [3.05, 3.63) is 63.7 Å². The molecule has 2 rings (SSSR count). The molecule has 2 aromatic rings. The van der Waals surface area contributed by atoms with Gasteiger partial charge in [0.2, 0.25) is 0 Å². The maximum Gasteiger partial charge on any atom is 0.255 e. The first-order valence-electron chi connectivity index (χ1n) is 6.09. The van der Waals surface area contributed by atoms with Crippen LogP contribution in [0.25, 0.3) is 0 Å². The number of nitriles is 1. The van der Waals surface area contributed by atoms with Crippen LogP contribution in [0.2, 0.25) is 5.02 Å². The van der Waals surface area contributed by atoms with E-state index in [9.17, 15) is 4.79 Å². The lowest BCUT2D eigenvalue weighted by Crippen LogP contribution is -2.12. The van der Waals surface area contributed by atoms with Crippen LogP contribution in [0.15, 0.2) is 36.4 Å². The normalized spacial score (nSPS) is 9.90. The predicted octanol–water partition coefficient (Wildman–Crippen LogP) is 4.08. The van der Waals surface area contributed by atoms with Crippen LogP contribution < -0.4 is 5.32 Å². The molecule has 4 heteroatoms. The fourth-order valence-electron chi connectivity index (χ4n) is 1.99. The fourth-order valence-corrected chi connectivity index (χ4v) is 2.21. The number of hydrogen-bond acceptors (Lipinski definition) is 2. The molecule has 1 N–H and O–H groups in total. The Kier molecular flexibility index (Phi) is 4.07. The molecular formula is C16H13ClN2O. The van der Waals surface area contributed by atoms with Gasteiger partial charge in [-0.3, -0.25) is 4.79 Å². The molecule has 3 nitrogen and oxygen atoms in total. The summed E-state index contributed by atoms with van der Waals surface area (Å²) in [4.78, 5) is 12.2. The number of aryl methyl sites for hydroxylation is 2. The lowest BCUT2D eigenvalue weighted by Gasteiger charge is -2.09. The van der Waals surface area contributed by atoms with Gasteiger partial charge in [-0.15, -0.1) is 0 Å². The molecule has 1 amide bonds. The Morgan fingerprint density at radius 3 is 2.35 bits per heavy atom. The van der Waals surface area contributed by atoms with E-state index < -0.39 is 0 Å². The van der Waals surface area contributed by atoms with Crippen molar-refractivity contribution >= 4 is 23.2 Å². The van der Waals surface area contributed by atoms with Gasteiger partial charge in [0.05, 0.1) is 22.3 Å². The number of nitrogens with one attached hydrogen (secondary N) is 1. The van der Waals surface area contributed by atoms with Gasteiger partial charge in [0.1, 0.15) is 0 Å². The zero-order valence-corrected chi connectivity index (χ0v) is 12.0. The van der Waals surface area contributed by atoms with E-state index in [-0.39, 0.29) is 5.91 Å². The molecule has 0 fully saturated rings. The van der Waals surface area contributed by atoms with Crippen molar-refractivity contribution in [2.75, 3.05) is 5.32 Å². The minimum atomic E-state index is -0.219. The zero-order valence-electron chi connectivity index (χ0n) is 11.2. The summed E-state index contributed by atoms with van der Waals surface area (Å²) < 4.78 is 0. The summed E-state index contributed by atoms with van der Waals surface area (Å²) in [5.74, 6) is -0.219. The molecule has 0 aliphatic heterocycles. The van der Waals surface area contributed by atoms with Crippen molar-refractivity contribution in [3.8, 4) is 6.07 Å². The fraction of sp³-hybridized carbons (Fsp3) is 0.125. The molecular weight excluding hydrogens is 272 g/mol. The largest absolute Gasteiger partial charge is 0.321 e. The summed E-state index contributed by atoms with van der Waals surface area (Å²) in [6.07, 6.45) is 0. The third-order valence-electron chi connectivity index (χ3n) is 2.83. The number of carbonyl (C=O) groups is 1. The van der Waals surface area contributed by atoms with Gasteiger partial charge < -0.3 is 5.32 Å². The molecule has 0 heterocycles. The summed E-state index contributed by atoms with van der Waals surface area (Å²) in [7, 11) is 0. The van der Waals surface area contributed by atoms with E-state index in [2.05, 4.69) is 5.32 Å². The minimum absolute atomic E-state index is 0.219.